The average molecular weight is 383 g/mol. The van der Waals surface area contributed by atoms with Crippen LogP contribution in [0.15, 0.2) is 48.5 Å². The maximum absolute atomic E-state index is 13.3. The molecule has 2 heterocycles. The van der Waals surface area contributed by atoms with Crippen LogP contribution >= 0.6 is 0 Å². The zero-order valence-corrected chi connectivity index (χ0v) is 15.4. The van der Waals surface area contributed by atoms with Crippen molar-refractivity contribution in [3.8, 4) is 0 Å². The second kappa shape index (κ2) is 7.88. The highest BCUT2D eigenvalue weighted by atomic mass is 19.1. The number of piperidine rings is 1. The van der Waals surface area contributed by atoms with Crippen LogP contribution in [-0.2, 0) is 4.74 Å². The van der Waals surface area contributed by atoms with E-state index in [-0.39, 0.29) is 17.9 Å². The lowest BCUT2D eigenvalue weighted by atomic mass is 9.95. The lowest BCUT2D eigenvalue weighted by Gasteiger charge is -2.36. The van der Waals surface area contributed by atoms with Gasteiger partial charge < -0.3 is 15.0 Å². The Kier molecular flexibility index (Phi) is 5.14. The predicted molar refractivity (Wildman–Crippen MR) is 104 cm³/mol. The van der Waals surface area contributed by atoms with Crippen LogP contribution < -0.4 is 10.2 Å². The van der Waals surface area contributed by atoms with E-state index in [1.165, 1.54) is 17.0 Å². The molecule has 0 saturated carbocycles. The quantitative estimate of drug-likeness (QED) is 0.846. The number of carbonyl (C=O) groups excluding carboxylic acids is 2. The molecule has 1 N–H and O–H groups in total. The van der Waals surface area contributed by atoms with Gasteiger partial charge in [0.25, 0.3) is 0 Å². The largest absolute Gasteiger partial charge is 0.447 e. The number of nitrogens with zero attached hydrogens (tertiary/aromatic N) is 2. The molecule has 1 atom stereocenters. The van der Waals surface area contributed by atoms with Crippen LogP contribution in [0, 0.1) is 5.82 Å². The van der Waals surface area contributed by atoms with E-state index in [0.29, 0.717) is 31.1 Å². The zero-order chi connectivity index (χ0) is 19.5. The van der Waals surface area contributed by atoms with Gasteiger partial charge in [-0.2, -0.15) is 0 Å². The first-order valence-electron chi connectivity index (χ1n) is 9.50. The summed E-state index contributed by atoms with van der Waals surface area (Å²) < 4.78 is 18.3. The number of urea groups is 1. The van der Waals surface area contributed by atoms with Gasteiger partial charge in [0.05, 0.1) is 24.0 Å². The molecule has 2 aliphatic heterocycles. The second-order valence-electron chi connectivity index (χ2n) is 6.97. The Morgan fingerprint density at radius 1 is 1.07 bits per heavy atom. The molecule has 0 bridgehead atoms. The molecule has 0 aromatic heterocycles. The van der Waals surface area contributed by atoms with Gasteiger partial charge in [0.15, 0.2) is 0 Å². The van der Waals surface area contributed by atoms with Crippen LogP contribution in [0.2, 0.25) is 0 Å². The van der Waals surface area contributed by atoms with E-state index >= 15 is 0 Å². The molecule has 146 valence electrons. The maximum Gasteiger partial charge on any atom is 0.414 e. The SMILES string of the molecule is O=C1OCCN1c1ccccc1NC(=O)N1CCCC[C@H]1c1ccc(F)cc1. The molecular formula is C21H22FN3O3. The minimum atomic E-state index is -0.413. The predicted octanol–water partition coefficient (Wildman–Crippen LogP) is 4.54. The molecule has 2 aromatic carbocycles. The molecule has 2 aromatic rings. The van der Waals surface area contributed by atoms with Crippen molar-refractivity contribution in [3.05, 3.63) is 59.9 Å². The molecule has 4 rings (SSSR count). The number of anilines is 2. The summed E-state index contributed by atoms with van der Waals surface area (Å²) in [7, 11) is 0. The summed E-state index contributed by atoms with van der Waals surface area (Å²) in [5, 5.41) is 2.95. The van der Waals surface area contributed by atoms with Crippen molar-refractivity contribution < 1.29 is 18.7 Å². The van der Waals surface area contributed by atoms with E-state index in [4.69, 9.17) is 4.74 Å². The fourth-order valence-corrected chi connectivity index (χ4v) is 3.82. The molecular weight excluding hydrogens is 361 g/mol. The van der Waals surface area contributed by atoms with Crippen LogP contribution in [-0.4, -0.2) is 36.7 Å². The van der Waals surface area contributed by atoms with Gasteiger partial charge in [-0.05, 0) is 49.1 Å². The van der Waals surface area contributed by atoms with E-state index in [9.17, 15) is 14.0 Å². The van der Waals surface area contributed by atoms with E-state index in [0.717, 1.165) is 24.8 Å². The number of likely N-dealkylation sites (tertiary alicyclic amines) is 1. The standard InChI is InChI=1S/C21H22FN3O3/c22-16-10-8-15(9-11-16)18-6-3-4-12-24(18)20(26)23-17-5-1-2-7-19(17)25-13-14-28-21(25)27/h1-2,5,7-11,18H,3-4,6,12-14H2,(H,23,26)/t18-/m0/s1. The van der Waals surface area contributed by atoms with Gasteiger partial charge in [0, 0.05) is 6.54 Å². The molecule has 6 nitrogen and oxygen atoms in total. The third kappa shape index (κ3) is 3.65. The molecule has 0 spiro atoms. The summed E-state index contributed by atoms with van der Waals surface area (Å²) in [4.78, 5) is 28.3. The molecule has 3 amide bonds. The molecule has 2 aliphatic rings. The van der Waals surface area contributed by atoms with Gasteiger partial charge in [-0.25, -0.2) is 14.0 Å². The smallest absolute Gasteiger partial charge is 0.414 e. The first kappa shape index (κ1) is 18.3. The van der Waals surface area contributed by atoms with E-state index in [1.807, 2.05) is 12.1 Å². The van der Waals surface area contributed by atoms with Gasteiger partial charge in [-0.1, -0.05) is 24.3 Å². The highest BCUT2D eigenvalue weighted by Gasteiger charge is 2.30. The number of hydrogen-bond donors (Lipinski definition) is 1. The lowest BCUT2D eigenvalue weighted by molar-refractivity contribution is 0.163. The van der Waals surface area contributed by atoms with Gasteiger partial charge in [0.2, 0.25) is 0 Å². The summed E-state index contributed by atoms with van der Waals surface area (Å²) in [6.45, 7) is 1.41. The number of halogens is 1. The first-order valence-corrected chi connectivity index (χ1v) is 9.50. The van der Waals surface area contributed by atoms with E-state index in [2.05, 4.69) is 5.32 Å². The number of ether oxygens (including phenoxy) is 1. The van der Waals surface area contributed by atoms with Crippen molar-refractivity contribution in [1.29, 1.82) is 0 Å². The minimum absolute atomic E-state index is 0.0988. The molecule has 2 saturated heterocycles. The number of hydrogen-bond acceptors (Lipinski definition) is 3. The van der Waals surface area contributed by atoms with E-state index < -0.39 is 6.09 Å². The Balaban J connectivity index is 1.55. The number of nitrogens with one attached hydrogen (secondary N) is 1. The highest BCUT2D eigenvalue weighted by Crippen LogP contribution is 2.33. The first-order chi connectivity index (χ1) is 13.6. The fourth-order valence-electron chi connectivity index (χ4n) is 3.82. The van der Waals surface area contributed by atoms with Crippen LogP contribution in [0.5, 0.6) is 0 Å². The normalized spacial score (nSPS) is 19.5. The van der Waals surface area contributed by atoms with Crippen molar-refractivity contribution in [3.63, 3.8) is 0 Å². The Morgan fingerprint density at radius 2 is 1.86 bits per heavy atom. The maximum atomic E-state index is 13.3. The minimum Gasteiger partial charge on any atom is -0.447 e. The molecule has 0 unspecified atom stereocenters. The number of carbonyl (C=O) groups is 2. The Labute approximate surface area is 162 Å². The molecule has 28 heavy (non-hydrogen) atoms. The van der Waals surface area contributed by atoms with Crippen molar-refractivity contribution in [2.75, 3.05) is 29.9 Å². The summed E-state index contributed by atoms with van der Waals surface area (Å²) in [5.74, 6) is -0.290. The third-order valence-electron chi connectivity index (χ3n) is 5.22. The number of amides is 3. The number of cyclic esters (lactones) is 1. The van der Waals surface area contributed by atoms with Gasteiger partial charge in [-0.15, -0.1) is 0 Å². The van der Waals surface area contributed by atoms with E-state index in [1.54, 1.807) is 29.2 Å². The third-order valence-corrected chi connectivity index (χ3v) is 5.22. The molecule has 2 fully saturated rings. The fraction of sp³-hybridized carbons (Fsp3) is 0.333. The van der Waals surface area contributed by atoms with Crippen LogP contribution in [0.4, 0.5) is 25.4 Å². The average Bonchev–Trinajstić information content (AvgIpc) is 3.15. The van der Waals surface area contributed by atoms with Crippen LogP contribution in [0.3, 0.4) is 0 Å². The Hall–Kier alpha value is -3.09. The van der Waals surface area contributed by atoms with Crippen LogP contribution in [0.1, 0.15) is 30.9 Å². The summed E-state index contributed by atoms with van der Waals surface area (Å²) in [5.41, 5.74) is 2.11. The lowest BCUT2D eigenvalue weighted by Crippen LogP contribution is -2.41. The van der Waals surface area contributed by atoms with Crippen molar-refractivity contribution >= 4 is 23.5 Å². The van der Waals surface area contributed by atoms with Crippen molar-refractivity contribution in [2.24, 2.45) is 0 Å². The summed E-state index contributed by atoms with van der Waals surface area (Å²) >= 11 is 0. The van der Waals surface area contributed by atoms with Gasteiger partial charge in [0.1, 0.15) is 12.4 Å². The highest BCUT2D eigenvalue weighted by molar-refractivity contribution is 5.99. The van der Waals surface area contributed by atoms with Crippen molar-refractivity contribution in [1.82, 2.24) is 4.90 Å². The van der Waals surface area contributed by atoms with Crippen molar-refractivity contribution in [2.45, 2.75) is 25.3 Å². The monoisotopic (exact) mass is 383 g/mol. The number of benzene rings is 2. The summed E-state index contributed by atoms with van der Waals surface area (Å²) in [6, 6.07) is 13.2. The Morgan fingerprint density at radius 3 is 2.61 bits per heavy atom. The van der Waals surface area contributed by atoms with Gasteiger partial charge in [-0.3, -0.25) is 4.90 Å². The number of para-hydroxylation sites is 2. The Bertz CT molecular complexity index is 871. The number of rotatable bonds is 3. The molecule has 0 aliphatic carbocycles. The second-order valence-corrected chi connectivity index (χ2v) is 6.97. The summed E-state index contributed by atoms with van der Waals surface area (Å²) in [6.07, 6.45) is 2.36. The van der Waals surface area contributed by atoms with Gasteiger partial charge >= 0.3 is 12.1 Å². The molecule has 7 heteroatoms. The molecule has 0 radical (unpaired) electrons. The topological polar surface area (TPSA) is 61.9 Å². The van der Waals surface area contributed by atoms with Crippen LogP contribution in [0.25, 0.3) is 0 Å². The zero-order valence-electron chi connectivity index (χ0n) is 15.4.